The Hall–Kier alpha value is -0.770. The van der Waals surface area contributed by atoms with Gasteiger partial charge in [-0.1, -0.05) is 30.9 Å². The normalized spacial score (nSPS) is 25.9. The zero-order chi connectivity index (χ0) is 13.9. The molecule has 1 aromatic carbocycles. The van der Waals surface area contributed by atoms with Gasteiger partial charge in [-0.3, -0.25) is 0 Å². The summed E-state index contributed by atoms with van der Waals surface area (Å²) in [4.78, 5) is 0. The fraction of sp³-hybridized carbons (Fsp3) is 0.625. The first-order valence-electron chi connectivity index (χ1n) is 7.55. The maximum Gasteiger partial charge on any atom is 0.128 e. The van der Waals surface area contributed by atoms with Crippen LogP contribution in [0.4, 0.5) is 0 Å². The minimum absolute atomic E-state index is 0.158. The molecule has 0 bridgehead atoms. The highest BCUT2D eigenvalue weighted by molar-refractivity contribution is 6.30. The van der Waals surface area contributed by atoms with Gasteiger partial charge in [-0.25, -0.2) is 0 Å². The summed E-state index contributed by atoms with van der Waals surface area (Å²) in [6.45, 7) is 1.28. The molecule has 2 aliphatic rings. The lowest BCUT2D eigenvalue weighted by Gasteiger charge is -2.22. The van der Waals surface area contributed by atoms with Gasteiger partial charge in [0.15, 0.2) is 0 Å². The molecule has 0 saturated heterocycles. The van der Waals surface area contributed by atoms with Crippen LogP contribution in [0.3, 0.4) is 0 Å². The summed E-state index contributed by atoms with van der Waals surface area (Å²) in [5, 5.41) is 0.762. The summed E-state index contributed by atoms with van der Waals surface area (Å²) in [6, 6.07) is 4.10. The van der Waals surface area contributed by atoms with Crippen molar-refractivity contribution in [1.82, 2.24) is 0 Å². The van der Waals surface area contributed by atoms with Crippen LogP contribution in [0, 0.1) is 0 Å². The van der Waals surface area contributed by atoms with E-state index in [4.69, 9.17) is 26.8 Å². The molecule has 0 spiro atoms. The van der Waals surface area contributed by atoms with Gasteiger partial charge >= 0.3 is 0 Å². The molecule has 20 heavy (non-hydrogen) atoms. The van der Waals surface area contributed by atoms with Gasteiger partial charge < -0.3 is 15.2 Å². The summed E-state index contributed by atoms with van der Waals surface area (Å²) in [7, 11) is 0. The van der Waals surface area contributed by atoms with Crippen LogP contribution in [0.15, 0.2) is 12.1 Å². The number of nitrogens with two attached hydrogens (primary N) is 1. The number of halogens is 1. The van der Waals surface area contributed by atoms with Crippen molar-refractivity contribution < 1.29 is 9.47 Å². The fourth-order valence-electron chi connectivity index (χ4n) is 3.16. The molecule has 1 aliphatic heterocycles. The first-order chi connectivity index (χ1) is 9.74. The predicted molar refractivity (Wildman–Crippen MR) is 80.3 cm³/mol. The minimum Gasteiger partial charge on any atom is -0.493 e. The molecule has 2 atom stereocenters. The minimum atomic E-state index is 0.158. The third kappa shape index (κ3) is 3.11. The Morgan fingerprint density at radius 1 is 1.25 bits per heavy atom. The molecule has 4 heteroatoms. The molecule has 3 rings (SSSR count). The molecule has 1 fully saturated rings. The molecule has 1 aliphatic carbocycles. The molecule has 0 radical (unpaired) electrons. The van der Waals surface area contributed by atoms with E-state index in [-0.39, 0.29) is 12.1 Å². The van der Waals surface area contributed by atoms with E-state index < -0.39 is 0 Å². The Kier molecular flexibility index (Phi) is 4.49. The van der Waals surface area contributed by atoms with Gasteiger partial charge in [-0.05, 0) is 30.5 Å². The van der Waals surface area contributed by atoms with Gasteiger partial charge in [0.1, 0.15) is 5.75 Å². The van der Waals surface area contributed by atoms with Crippen molar-refractivity contribution in [3.63, 3.8) is 0 Å². The van der Waals surface area contributed by atoms with Crippen LogP contribution in [-0.4, -0.2) is 18.8 Å². The largest absolute Gasteiger partial charge is 0.493 e. The molecule has 2 N–H and O–H groups in total. The summed E-state index contributed by atoms with van der Waals surface area (Å²) in [5.74, 6) is 0.969. The Labute approximate surface area is 125 Å². The van der Waals surface area contributed by atoms with Crippen molar-refractivity contribution in [3.8, 4) is 5.75 Å². The standard InChI is InChI=1S/C16H22ClNO2/c17-13-8-11-6-7-19-16(11)12(9-13)10-20-15-5-3-1-2-4-14(15)18/h8-9,14-15H,1-7,10,18H2. The second kappa shape index (κ2) is 6.33. The molecule has 0 aromatic heterocycles. The van der Waals surface area contributed by atoms with Crippen molar-refractivity contribution in [3.05, 3.63) is 28.3 Å². The van der Waals surface area contributed by atoms with E-state index in [0.29, 0.717) is 6.61 Å². The maximum atomic E-state index is 6.20. The van der Waals surface area contributed by atoms with Gasteiger partial charge in [-0.15, -0.1) is 0 Å². The molecule has 110 valence electrons. The van der Waals surface area contributed by atoms with Crippen LogP contribution < -0.4 is 10.5 Å². The van der Waals surface area contributed by atoms with Crippen molar-refractivity contribution in [2.75, 3.05) is 6.61 Å². The van der Waals surface area contributed by atoms with Gasteiger partial charge in [-0.2, -0.15) is 0 Å². The van der Waals surface area contributed by atoms with Gasteiger partial charge in [0.25, 0.3) is 0 Å². The first kappa shape index (κ1) is 14.2. The van der Waals surface area contributed by atoms with Crippen LogP contribution in [0.25, 0.3) is 0 Å². The fourth-order valence-corrected chi connectivity index (χ4v) is 3.42. The zero-order valence-corrected chi connectivity index (χ0v) is 12.5. The Morgan fingerprint density at radius 2 is 2.10 bits per heavy atom. The Morgan fingerprint density at radius 3 is 3.00 bits per heavy atom. The third-order valence-electron chi connectivity index (χ3n) is 4.28. The lowest BCUT2D eigenvalue weighted by molar-refractivity contribution is 0.0186. The summed E-state index contributed by atoms with van der Waals surface area (Å²) in [5.41, 5.74) is 8.46. The van der Waals surface area contributed by atoms with E-state index in [1.165, 1.54) is 24.8 Å². The summed E-state index contributed by atoms with van der Waals surface area (Å²) in [6.07, 6.45) is 6.92. The van der Waals surface area contributed by atoms with Crippen LogP contribution >= 0.6 is 11.6 Å². The number of rotatable bonds is 3. The van der Waals surface area contributed by atoms with Crippen LogP contribution in [0.2, 0.25) is 5.02 Å². The number of ether oxygens (including phenoxy) is 2. The molecular weight excluding hydrogens is 274 g/mol. The quantitative estimate of drug-likeness (QED) is 0.869. The van der Waals surface area contributed by atoms with Crippen LogP contribution in [0.5, 0.6) is 5.75 Å². The number of hydrogen-bond acceptors (Lipinski definition) is 3. The highest BCUT2D eigenvalue weighted by atomic mass is 35.5. The lowest BCUT2D eigenvalue weighted by atomic mass is 10.1. The molecule has 0 amide bonds. The second-order valence-electron chi connectivity index (χ2n) is 5.80. The summed E-state index contributed by atoms with van der Waals surface area (Å²) < 4.78 is 11.8. The third-order valence-corrected chi connectivity index (χ3v) is 4.50. The molecule has 1 aromatic rings. The van der Waals surface area contributed by atoms with Gasteiger partial charge in [0.2, 0.25) is 0 Å². The van der Waals surface area contributed by atoms with Crippen LogP contribution in [0.1, 0.15) is 43.2 Å². The van der Waals surface area contributed by atoms with E-state index in [0.717, 1.165) is 42.2 Å². The number of hydrogen-bond donors (Lipinski definition) is 1. The van der Waals surface area contributed by atoms with Crippen molar-refractivity contribution in [1.29, 1.82) is 0 Å². The molecule has 1 saturated carbocycles. The lowest BCUT2D eigenvalue weighted by Crippen LogP contribution is -2.35. The topological polar surface area (TPSA) is 44.5 Å². The van der Waals surface area contributed by atoms with Crippen molar-refractivity contribution in [2.45, 2.75) is 57.3 Å². The highest BCUT2D eigenvalue weighted by Gasteiger charge is 2.23. The van der Waals surface area contributed by atoms with E-state index in [2.05, 4.69) is 0 Å². The van der Waals surface area contributed by atoms with E-state index in [1.54, 1.807) is 0 Å². The molecule has 1 heterocycles. The Balaban J connectivity index is 1.69. The average Bonchev–Trinajstić information content (AvgIpc) is 2.79. The van der Waals surface area contributed by atoms with E-state index >= 15 is 0 Å². The second-order valence-corrected chi connectivity index (χ2v) is 6.24. The number of fused-ring (bicyclic) bond motifs is 1. The average molecular weight is 296 g/mol. The number of benzene rings is 1. The highest BCUT2D eigenvalue weighted by Crippen LogP contribution is 2.34. The van der Waals surface area contributed by atoms with E-state index in [9.17, 15) is 0 Å². The maximum absolute atomic E-state index is 6.20. The SMILES string of the molecule is NC1CCCCCC1OCc1cc(Cl)cc2c1OCC2. The monoisotopic (exact) mass is 295 g/mol. The van der Waals surface area contributed by atoms with E-state index in [1.807, 2.05) is 12.1 Å². The Bertz CT molecular complexity index is 478. The molecular formula is C16H22ClNO2. The van der Waals surface area contributed by atoms with Gasteiger partial charge in [0.05, 0.1) is 19.3 Å². The molecule has 2 unspecified atom stereocenters. The van der Waals surface area contributed by atoms with Gasteiger partial charge in [0, 0.05) is 23.0 Å². The van der Waals surface area contributed by atoms with Crippen LogP contribution in [-0.2, 0) is 17.8 Å². The predicted octanol–water partition coefficient (Wildman–Crippen LogP) is 3.45. The molecule has 3 nitrogen and oxygen atoms in total. The van der Waals surface area contributed by atoms with Crippen molar-refractivity contribution in [2.24, 2.45) is 5.73 Å². The first-order valence-corrected chi connectivity index (χ1v) is 7.93. The van der Waals surface area contributed by atoms with Crippen molar-refractivity contribution >= 4 is 11.6 Å². The summed E-state index contributed by atoms with van der Waals surface area (Å²) >= 11 is 6.17. The smallest absolute Gasteiger partial charge is 0.128 e. The zero-order valence-electron chi connectivity index (χ0n) is 11.7.